The van der Waals surface area contributed by atoms with Crippen molar-refractivity contribution < 1.29 is 5.01 Å². The van der Waals surface area contributed by atoms with Crippen LogP contribution in [0.3, 0.4) is 0 Å². The molecule has 0 bridgehead atoms. The number of nitrogens with zero attached hydrogens (tertiary/aromatic N) is 1. The summed E-state index contributed by atoms with van der Waals surface area (Å²) in [5, 5.41) is 3.25. The summed E-state index contributed by atoms with van der Waals surface area (Å²) >= 11 is 0. The predicted molar refractivity (Wildman–Crippen MR) is 39.9 cm³/mol. The van der Waals surface area contributed by atoms with E-state index in [9.17, 15) is 0 Å². The van der Waals surface area contributed by atoms with Gasteiger partial charge in [-0.3, -0.25) is 0 Å². The first-order chi connectivity index (χ1) is 4.22. The number of likely N-dealkylation sites (N-methyl/N-ethyl adjacent to an activating group) is 1. The van der Waals surface area contributed by atoms with Gasteiger partial charge in [0.1, 0.15) is 6.54 Å². The van der Waals surface area contributed by atoms with Crippen LogP contribution in [0.2, 0.25) is 0 Å². The van der Waals surface area contributed by atoms with Gasteiger partial charge >= 0.3 is 0 Å². The molecule has 2 heteroatoms. The van der Waals surface area contributed by atoms with E-state index in [0.717, 1.165) is 6.54 Å². The van der Waals surface area contributed by atoms with Crippen molar-refractivity contribution in [1.29, 1.82) is 0 Å². The summed E-state index contributed by atoms with van der Waals surface area (Å²) in [5.74, 6) is 0. The Morgan fingerprint density at radius 1 is 1.56 bits per heavy atom. The molecule has 0 aliphatic heterocycles. The van der Waals surface area contributed by atoms with E-state index in [2.05, 4.69) is 20.2 Å². The Labute approximate surface area is 57.0 Å². The second kappa shape index (κ2) is 4.15. The predicted octanol–water partition coefficient (Wildman–Crippen LogP) is -0.323. The third-order valence-electron chi connectivity index (χ3n) is 1.32. The number of rotatable bonds is 4. The van der Waals surface area contributed by atoms with Crippen molar-refractivity contribution in [3.05, 3.63) is 25.4 Å². The molecule has 9 heavy (non-hydrogen) atoms. The fourth-order valence-electron chi connectivity index (χ4n) is 0.509. The maximum Gasteiger partial charge on any atom is 0.118 e. The molecule has 0 aliphatic rings. The lowest BCUT2D eigenvalue weighted by atomic mass is 10.6. The number of quaternary nitrogens is 1. The van der Waals surface area contributed by atoms with E-state index in [-0.39, 0.29) is 0 Å². The van der Waals surface area contributed by atoms with Crippen molar-refractivity contribution in [1.82, 2.24) is 5.01 Å². The van der Waals surface area contributed by atoms with E-state index in [1.165, 1.54) is 5.01 Å². The number of hydrogen-bond acceptors (Lipinski definition) is 1. The van der Waals surface area contributed by atoms with E-state index >= 15 is 0 Å². The normalized spacial score (nSPS) is 12.2. The van der Waals surface area contributed by atoms with Gasteiger partial charge in [-0.05, 0) is 6.08 Å². The Bertz CT molecular complexity index is 99.1. The second-order valence-electron chi connectivity index (χ2n) is 2.02. The highest BCUT2D eigenvalue weighted by Gasteiger charge is 1.98. The van der Waals surface area contributed by atoms with Gasteiger partial charge in [-0.2, -0.15) is 0 Å². The van der Waals surface area contributed by atoms with Crippen LogP contribution in [-0.2, 0) is 0 Å². The van der Waals surface area contributed by atoms with Crippen LogP contribution < -0.4 is 5.01 Å². The molecule has 0 spiro atoms. The van der Waals surface area contributed by atoms with Gasteiger partial charge in [0.15, 0.2) is 0 Å². The number of nitrogens with one attached hydrogen (secondary N) is 1. The molecule has 0 aromatic carbocycles. The molecule has 0 heterocycles. The fraction of sp³-hybridized carbons (Fsp3) is 0.429. The van der Waals surface area contributed by atoms with Gasteiger partial charge in [0.05, 0.1) is 14.1 Å². The van der Waals surface area contributed by atoms with E-state index in [0.29, 0.717) is 0 Å². The highest BCUT2D eigenvalue weighted by molar-refractivity contribution is 4.63. The van der Waals surface area contributed by atoms with Crippen LogP contribution in [0, 0.1) is 0 Å². The summed E-state index contributed by atoms with van der Waals surface area (Å²) in [6.07, 6.45) is 3.67. The maximum atomic E-state index is 3.64. The molecule has 2 nitrogen and oxygen atoms in total. The molecule has 1 unspecified atom stereocenters. The topological polar surface area (TPSA) is 7.68 Å². The van der Waals surface area contributed by atoms with Crippen LogP contribution in [0.1, 0.15) is 0 Å². The molecule has 0 radical (unpaired) electrons. The standard InChI is InChI=1S/C7H14N2/c1-5-7-9(4)8(3)6-2/h5-6H,1-2,7H2,3-4H3/p+1. The molecule has 0 aliphatic carbocycles. The van der Waals surface area contributed by atoms with Crippen LogP contribution in [0.25, 0.3) is 0 Å². The summed E-state index contributed by atoms with van der Waals surface area (Å²) < 4.78 is 0. The molecule has 0 saturated heterocycles. The SMILES string of the molecule is C=CC[NH+](C)N(C)C=C. The smallest absolute Gasteiger partial charge is 0.118 e. The minimum atomic E-state index is 0.933. The lowest BCUT2D eigenvalue weighted by Gasteiger charge is -2.20. The van der Waals surface area contributed by atoms with Gasteiger partial charge in [-0.15, -0.1) is 0 Å². The van der Waals surface area contributed by atoms with Crippen molar-refractivity contribution >= 4 is 0 Å². The Balaban J connectivity index is 3.56. The third kappa shape index (κ3) is 2.93. The molecule has 0 fully saturated rings. The second-order valence-corrected chi connectivity index (χ2v) is 2.02. The maximum absolute atomic E-state index is 3.64. The first-order valence-corrected chi connectivity index (χ1v) is 3.01. The molecule has 0 aromatic heterocycles. The van der Waals surface area contributed by atoms with Crippen molar-refractivity contribution in [2.24, 2.45) is 0 Å². The molecule has 52 valence electrons. The first kappa shape index (κ1) is 8.24. The Hall–Kier alpha value is -0.760. The van der Waals surface area contributed by atoms with Gasteiger partial charge in [0.2, 0.25) is 0 Å². The van der Waals surface area contributed by atoms with Crippen LogP contribution in [0.5, 0.6) is 0 Å². The van der Waals surface area contributed by atoms with Gasteiger partial charge in [-0.25, -0.2) is 10.0 Å². The Kier molecular flexibility index (Phi) is 3.80. The molecule has 0 amide bonds. The van der Waals surface area contributed by atoms with E-state index in [4.69, 9.17) is 0 Å². The minimum absolute atomic E-state index is 0.933. The molecular weight excluding hydrogens is 112 g/mol. The van der Waals surface area contributed by atoms with Crippen molar-refractivity contribution in [3.63, 3.8) is 0 Å². The van der Waals surface area contributed by atoms with Crippen molar-refractivity contribution in [2.45, 2.75) is 0 Å². The summed E-state index contributed by atoms with van der Waals surface area (Å²) in [6, 6.07) is 0. The lowest BCUT2D eigenvalue weighted by Crippen LogP contribution is -3.14. The number of hydrogen-bond donors (Lipinski definition) is 1. The average molecular weight is 127 g/mol. The van der Waals surface area contributed by atoms with Gasteiger partial charge in [0.25, 0.3) is 0 Å². The van der Waals surface area contributed by atoms with E-state index < -0.39 is 0 Å². The van der Waals surface area contributed by atoms with Crippen molar-refractivity contribution in [2.75, 3.05) is 20.6 Å². The van der Waals surface area contributed by atoms with E-state index in [1.807, 2.05) is 18.1 Å². The monoisotopic (exact) mass is 127 g/mol. The first-order valence-electron chi connectivity index (χ1n) is 3.01. The lowest BCUT2D eigenvalue weighted by molar-refractivity contribution is -0.982. The minimum Gasteiger partial charge on any atom is -0.237 e. The summed E-state index contributed by atoms with van der Waals surface area (Å²) in [7, 11) is 4.04. The van der Waals surface area contributed by atoms with Crippen LogP contribution in [0.15, 0.2) is 25.4 Å². The Morgan fingerprint density at radius 3 is 2.44 bits per heavy atom. The third-order valence-corrected chi connectivity index (χ3v) is 1.32. The highest BCUT2D eigenvalue weighted by Crippen LogP contribution is 1.63. The van der Waals surface area contributed by atoms with Gasteiger partial charge in [0, 0.05) is 6.20 Å². The van der Waals surface area contributed by atoms with Crippen LogP contribution in [-0.4, -0.2) is 25.6 Å². The summed E-state index contributed by atoms with van der Waals surface area (Å²) in [4.78, 5) is 0. The zero-order valence-corrected chi connectivity index (χ0v) is 6.22. The van der Waals surface area contributed by atoms with E-state index in [1.54, 1.807) is 6.20 Å². The molecule has 0 rings (SSSR count). The average Bonchev–Trinajstić information content (AvgIpc) is 1.87. The molecular formula is C7H15N2+. The van der Waals surface area contributed by atoms with Crippen molar-refractivity contribution in [3.8, 4) is 0 Å². The van der Waals surface area contributed by atoms with Crippen LogP contribution in [0.4, 0.5) is 0 Å². The summed E-state index contributed by atoms with van der Waals surface area (Å²) in [6.45, 7) is 8.20. The Morgan fingerprint density at radius 2 is 2.11 bits per heavy atom. The molecule has 0 saturated carbocycles. The molecule has 1 atom stereocenters. The summed E-state index contributed by atoms with van der Waals surface area (Å²) in [5.41, 5.74) is 0. The zero-order valence-electron chi connectivity index (χ0n) is 6.22. The molecule has 1 N–H and O–H groups in total. The molecule has 0 aromatic rings. The zero-order chi connectivity index (χ0) is 7.28. The largest absolute Gasteiger partial charge is 0.237 e. The van der Waals surface area contributed by atoms with Crippen LogP contribution >= 0.6 is 0 Å². The van der Waals surface area contributed by atoms with Gasteiger partial charge < -0.3 is 0 Å². The van der Waals surface area contributed by atoms with Gasteiger partial charge in [-0.1, -0.05) is 13.2 Å². The fourth-order valence-corrected chi connectivity index (χ4v) is 0.509. The quantitative estimate of drug-likeness (QED) is 0.401. The highest BCUT2D eigenvalue weighted by atomic mass is 15.6.